The topological polar surface area (TPSA) is 67.2 Å². The summed E-state index contributed by atoms with van der Waals surface area (Å²) in [6, 6.07) is 0. The number of rotatable bonds is 2. The predicted octanol–water partition coefficient (Wildman–Crippen LogP) is 2.27. The summed E-state index contributed by atoms with van der Waals surface area (Å²) in [5.41, 5.74) is 8.35. The van der Waals surface area contributed by atoms with Crippen molar-refractivity contribution in [2.24, 2.45) is 10.5 Å². The molecule has 0 saturated carbocycles. The summed E-state index contributed by atoms with van der Waals surface area (Å²) in [5.74, 6) is 0. The third-order valence-electron chi connectivity index (χ3n) is 3.44. The van der Waals surface area contributed by atoms with Gasteiger partial charge in [-0.2, -0.15) is 0 Å². The molecule has 0 bridgehead atoms. The van der Waals surface area contributed by atoms with Crippen LogP contribution in [0.1, 0.15) is 26.7 Å². The Bertz CT molecular complexity index is 299. The van der Waals surface area contributed by atoms with Crippen molar-refractivity contribution in [3.63, 3.8) is 0 Å². The lowest BCUT2D eigenvalue weighted by atomic mass is 9.76. The molecule has 84 valence electrons. The van der Waals surface area contributed by atoms with Crippen molar-refractivity contribution in [1.29, 1.82) is 0 Å². The molecular weight excluding hydrogens is 194 g/mol. The van der Waals surface area contributed by atoms with Gasteiger partial charge in [-0.05, 0) is 32.2 Å². The molecule has 0 amide bonds. The van der Waals surface area contributed by atoms with Crippen LogP contribution in [0.4, 0.5) is 0 Å². The molecule has 2 fully saturated rings. The Balaban J connectivity index is 2.10. The van der Waals surface area contributed by atoms with Crippen LogP contribution < -0.4 is 0 Å². The Morgan fingerprint density at radius 3 is 2.93 bits per heavy atom. The molecule has 2 rings (SSSR count). The Hall–Kier alpha value is -0.770. The largest absolute Gasteiger partial charge is 0.377 e. The Labute approximate surface area is 89.4 Å². The van der Waals surface area contributed by atoms with Crippen molar-refractivity contribution in [3.05, 3.63) is 10.4 Å². The van der Waals surface area contributed by atoms with E-state index < -0.39 is 0 Å². The SMILES string of the molecule is CC1(C)CC2(CCOC2CN=[N+]=[N-])CO1. The molecule has 5 nitrogen and oxygen atoms in total. The van der Waals surface area contributed by atoms with E-state index in [2.05, 4.69) is 23.9 Å². The maximum Gasteiger partial charge on any atom is 0.0711 e. The Kier molecular flexibility index (Phi) is 2.63. The first kappa shape index (κ1) is 10.7. The van der Waals surface area contributed by atoms with Crippen molar-refractivity contribution in [2.75, 3.05) is 19.8 Å². The van der Waals surface area contributed by atoms with Crippen LogP contribution in [0, 0.1) is 5.41 Å². The zero-order valence-corrected chi connectivity index (χ0v) is 9.27. The van der Waals surface area contributed by atoms with Gasteiger partial charge in [0.25, 0.3) is 0 Å². The van der Waals surface area contributed by atoms with Crippen LogP contribution in [0.25, 0.3) is 10.4 Å². The molecule has 2 aliphatic heterocycles. The molecule has 2 saturated heterocycles. The summed E-state index contributed by atoms with van der Waals surface area (Å²) in [5, 5.41) is 3.62. The smallest absolute Gasteiger partial charge is 0.0711 e. The van der Waals surface area contributed by atoms with E-state index in [1.807, 2.05) is 0 Å². The van der Waals surface area contributed by atoms with Gasteiger partial charge in [0, 0.05) is 16.9 Å². The molecule has 2 unspecified atom stereocenters. The standard InChI is InChI=1S/C10H17N3O2/c1-9(2)6-10(7-15-9)3-4-14-8(10)5-12-13-11/h8H,3-7H2,1-2H3. The van der Waals surface area contributed by atoms with E-state index in [0.717, 1.165) is 26.1 Å². The normalized spacial score (nSPS) is 38.1. The van der Waals surface area contributed by atoms with Gasteiger partial charge in [-0.25, -0.2) is 0 Å². The molecule has 2 atom stereocenters. The second-order valence-electron chi connectivity index (χ2n) is 5.11. The molecule has 0 aromatic carbocycles. The lowest BCUT2D eigenvalue weighted by Crippen LogP contribution is -2.34. The number of azide groups is 1. The van der Waals surface area contributed by atoms with E-state index in [1.54, 1.807) is 0 Å². The Morgan fingerprint density at radius 1 is 1.53 bits per heavy atom. The van der Waals surface area contributed by atoms with Crippen molar-refractivity contribution < 1.29 is 9.47 Å². The highest BCUT2D eigenvalue weighted by Gasteiger charge is 2.52. The maximum atomic E-state index is 8.33. The molecule has 0 aliphatic carbocycles. The summed E-state index contributed by atoms with van der Waals surface area (Å²) >= 11 is 0. The van der Waals surface area contributed by atoms with Crippen LogP contribution in [-0.2, 0) is 9.47 Å². The first-order chi connectivity index (χ1) is 7.08. The van der Waals surface area contributed by atoms with Gasteiger partial charge >= 0.3 is 0 Å². The van der Waals surface area contributed by atoms with E-state index >= 15 is 0 Å². The zero-order chi connectivity index (χ0) is 10.9. The maximum absolute atomic E-state index is 8.33. The summed E-state index contributed by atoms with van der Waals surface area (Å²) in [7, 11) is 0. The summed E-state index contributed by atoms with van der Waals surface area (Å²) < 4.78 is 11.4. The summed E-state index contributed by atoms with van der Waals surface area (Å²) in [4.78, 5) is 2.79. The number of ether oxygens (including phenoxy) is 2. The molecule has 2 aliphatic rings. The fraction of sp³-hybridized carbons (Fsp3) is 1.00. The van der Waals surface area contributed by atoms with Crippen molar-refractivity contribution in [3.8, 4) is 0 Å². The molecule has 0 aromatic heterocycles. The third-order valence-corrected chi connectivity index (χ3v) is 3.44. The molecule has 1 spiro atoms. The average Bonchev–Trinajstić information content (AvgIpc) is 2.68. The fourth-order valence-corrected chi connectivity index (χ4v) is 2.76. The van der Waals surface area contributed by atoms with Gasteiger partial charge in [0.1, 0.15) is 0 Å². The molecule has 0 aromatic rings. The van der Waals surface area contributed by atoms with E-state index in [4.69, 9.17) is 15.0 Å². The first-order valence-electron chi connectivity index (χ1n) is 5.34. The summed E-state index contributed by atoms with van der Waals surface area (Å²) in [6.45, 7) is 6.11. The first-order valence-corrected chi connectivity index (χ1v) is 5.34. The van der Waals surface area contributed by atoms with Gasteiger partial charge in [0.05, 0.1) is 24.9 Å². The number of hydrogen-bond acceptors (Lipinski definition) is 3. The lowest BCUT2D eigenvalue weighted by Gasteiger charge is -2.27. The van der Waals surface area contributed by atoms with Crippen LogP contribution in [0.3, 0.4) is 0 Å². The van der Waals surface area contributed by atoms with Crippen LogP contribution >= 0.6 is 0 Å². The molecule has 0 radical (unpaired) electrons. The van der Waals surface area contributed by atoms with Gasteiger partial charge in [0.15, 0.2) is 0 Å². The average molecular weight is 211 g/mol. The third kappa shape index (κ3) is 1.95. The molecule has 5 heteroatoms. The molecule has 15 heavy (non-hydrogen) atoms. The molecular formula is C10H17N3O2. The minimum absolute atomic E-state index is 0.0372. The molecule has 0 N–H and O–H groups in total. The van der Waals surface area contributed by atoms with Crippen molar-refractivity contribution in [2.45, 2.75) is 38.4 Å². The minimum atomic E-state index is -0.0672. The lowest BCUT2D eigenvalue weighted by molar-refractivity contribution is 0.0197. The summed E-state index contributed by atoms with van der Waals surface area (Å²) in [6.07, 6.45) is 2.04. The van der Waals surface area contributed by atoms with E-state index in [1.165, 1.54) is 0 Å². The minimum Gasteiger partial charge on any atom is -0.377 e. The predicted molar refractivity (Wildman–Crippen MR) is 55.5 cm³/mol. The molecule has 2 heterocycles. The van der Waals surface area contributed by atoms with E-state index in [0.29, 0.717) is 6.54 Å². The van der Waals surface area contributed by atoms with Crippen LogP contribution in [0.15, 0.2) is 5.11 Å². The van der Waals surface area contributed by atoms with E-state index in [-0.39, 0.29) is 17.1 Å². The zero-order valence-electron chi connectivity index (χ0n) is 9.27. The second-order valence-corrected chi connectivity index (χ2v) is 5.11. The quantitative estimate of drug-likeness (QED) is 0.399. The fourth-order valence-electron chi connectivity index (χ4n) is 2.76. The van der Waals surface area contributed by atoms with Gasteiger partial charge in [-0.3, -0.25) is 0 Å². The van der Waals surface area contributed by atoms with Crippen LogP contribution in [-0.4, -0.2) is 31.5 Å². The van der Waals surface area contributed by atoms with E-state index in [9.17, 15) is 0 Å². The van der Waals surface area contributed by atoms with Gasteiger partial charge in [-0.1, -0.05) is 5.11 Å². The number of nitrogens with zero attached hydrogens (tertiary/aromatic N) is 3. The van der Waals surface area contributed by atoms with Crippen molar-refractivity contribution >= 4 is 0 Å². The second kappa shape index (κ2) is 3.67. The van der Waals surface area contributed by atoms with Crippen molar-refractivity contribution in [1.82, 2.24) is 0 Å². The van der Waals surface area contributed by atoms with Gasteiger partial charge in [-0.15, -0.1) is 0 Å². The van der Waals surface area contributed by atoms with Gasteiger partial charge < -0.3 is 9.47 Å². The number of hydrogen-bond donors (Lipinski definition) is 0. The highest BCUT2D eigenvalue weighted by molar-refractivity contribution is 5.01. The van der Waals surface area contributed by atoms with Gasteiger partial charge in [0.2, 0.25) is 0 Å². The highest BCUT2D eigenvalue weighted by atomic mass is 16.5. The Morgan fingerprint density at radius 2 is 2.33 bits per heavy atom. The van der Waals surface area contributed by atoms with Crippen LogP contribution in [0.2, 0.25) is 0 Å². The van der Waals surface area contributed by atoms with Crippen LogP contribution in [0.5, 0.6) is 0 Å². The monoisotopic (exact) mass is 211 g/mol. The highest BCUT2D eigenvalue weighted by Crippen LogP contribution is 2.48.